The smallest absolute Gasteiger partial charge is 0.0556 e. The van der Waals surface area contributed by atoms with E-state index in [9.17, 15) is 0 Å². The van der Waals surface area contributed by atoms with Crippen molar-refractivity contribution >= 4 is 12.4 Å². The van der Waals surface area contributed by atoms with Gasteiger partial charge < -0.3 is 5.73 Å². The molecule has 4 nitrogen and oxygen atoms in total. The van der Waals surface area contributed by atoms with E-state index in [1.807, 2.05) is 0 Å². The minimum absolute atomic E-state index is 0. The quantitative estimate of drug-likeness (QED) is 0.365. The Bertz CT molecular complexity index is 199. The molecule has 2 fully saturated rings. The van der Waals surface area contributed by atoms with Crippen molar-refractivity contribution < 1.29 is 0 Å². The van der Waals surface area contributed by atoms with Crippen LogP contribution in [0.4, 0.5) is 0 Å². The van der Waals surface area contributed by atoms with Gasteiger partial charge in [-0.05, 0) is 30.2 Å². The minimum Gasteiger partial charge on any atom is -0.327 e. The Hall–Kier alpha value is -0.440. The minimum atomic E-state index is 0. The van der Waals surface area contributed by atoms with Crippen molar-refractivity contribution in [3.63, 3.8) is 0 Å². The number of halogens is 1. The molecule has 0 spiro atoms. The zero-order valence-corrected chi connectivity index (χ0v) is 6.87. The Morgan fingerprint density at radius 3 is 2.64 bits per heavy atom. The second-order valence-electron chi connectivity index (χ2n) is 3.25. The molecule has 2 rings (SSSR count). The second-order valence-corrected chi connectivity index (χ2v) is 3.25. The zero-order chi connectivity index (χ0) is 7.14. The van der Waals surface area contributed by atoms with Crippen molar-refractivity contribution in [3.8, 4) is 0 Å². The normalized spacial score (nSPS) is 45.2. The van der Waals surface area contributed by atoms with Crippen LogP contribution in [-0.4, -0.2) is 12.1 Å². The summed E-state index contributed by atoms with van der Waals surface area (Å²) in [6, 6.07) is 0.245. The van der Waals surface area contributed by atoms with Crippen LogP contribution in [0.3, 0.4) is 0 Å². The highest BCUT2D eigenvalue weighted by Gasteiger charge is 2.51. The highest BCUT2D eigenvalue weighted by Crippen LogP contribution is 2.52. The van der Waals surface area contributed by atoms with Crippen molar-refractivity contribution in [3.05, 3.63) is 10.4 Å². The predicted octanol–water partition coefficient (Wildman–Crippen LogP) is 1.45. The van der Waals surface area contributed by atoms with E-state index in [1.165, 1.54) is 6.42 Å². The van der Waals surface area contributed by atoms with E-state index >= 15 is 0 Å². The molecule has 0 aromatic carbocycles. The van der Waals surface area contributed by atoms with E-state index in [1.54, 1.807) is 0 Å². The fraction of sp³-hybridized carbons (Fsp3) is 1.00. The molecule has 0 saturated heterocycles. The summed E-state index contributed by atoms with van der Waals surface area (Å²) in [6.07, 6.45) is 2.30. The number of rotatable bonds is 1. The first-order valence-corrected chi connectivity index (χ1v) is 3.62. The molecule has 0 aliphatic heterocycles. The average molecular weight is 175 g/mol. The van der Waals surface area contributed by atoms with Crippen molar-refractivity contribution in [2.45, 2.75) is 24.9 Å². The molecule has 5 heteroatoms. The Labute approximate surface area is 71.2 Å². The monoisotopic (exact) mass is 174 g/mol. The van der Waals surface area contributed by atoms with Crippen molar-refractivity contribution in [2.24, 2.45) is 22.7 Å². The maximum absolute atomic E-state index is 8.18. The molecule has 0 aromatic heterocycles. The SMILES string of the molecule is Cl.[N-]=[N+]=N[C@@H]1[C@H]2C[C@H]2C[C@@H]1N. The van der Waals surface area contributed by atoms with Crippen LogP contribution in [0.1, 0.15) is 12.8 Å². The molecule has 0 heterocycles. The molecule has 4 atom stereocenters. The van der Waals surface area contributed by atoms with Gasteiger partial charge in [0.2, 0.25) is 0 Å². The third-order valence-corrected chi connectivity index (χ3v) is 2.61. The lowest BCUT2D eigenvalue weighted by molar-refractivity contribution is 0.527. The van der Waals surface area contributed by atoms with E-state index in [0.29, 0.717) is 5.92 Å². The van der Waals surface area contributed by atoms with Gasteiger partial charge in [-0.15, -0.1) is 12.4 Å². The van der Waals surface area contributed by atoms with E-state index < -0.39 is 0 Å². The van der Waals surface area contributed by atoms with Gasteiger partial charge in [-0.2, -0.15) is 0 Å². The van der Waals surface area contributed by atoms with Crippen LogP contribution in [0.5, 0.6) is 0 Å². The van der Waals surface area contributed by atoms with Gasteiger partial charge in [-0.1, -0.05) is 5.11 Å². The average Bonchev–Trinajstić information content (AvgIpc) is 2.57. The number of nitrogens with zero attached hydrogens (tertiary/aromatic N) is 3. The summed E-state index contributed by atoms with van der Waals surface area (Å²) >= 11 is 0. The standard InChI is InChI=1S/C6H10N4.ClH/c7-5-2-3-1-4(3)6(5)9-10-8;/h3-6H,1-2,7H2;1H/t3-,4-,5-,6+;/m0./s1. The molecular weight excluding hydrogens is 164 g/mol. The molecule has 0 bridgehead atoms. The van der Waals surface area contributed by atoms with Gasteiger partial charge in [-0.3, -0.25) is 0 Å². The lowest BCUT2D eigenvalue weighted by Gasteiger charge is -2.10. The van der Waals surface area contributed by atoms with Crippen molar-refractivity contribution in [2.75, 3.05) is 0 Å². The van der Waals surface area contributed by atoms with Crippen LogP contribution in [-0.2, 0) is 0 Å². The number of nitrogens with two attached hydrogens (primary N) is 1. The fourth-order valence-electron chi connectivity index (χ4n) is 2.00. The molecule has 0 amide bonds. The van der Waals surface area contributed by atoms with Crippen LogP contribution in [0.2, 0.25) is 0 Å². The molecule has 62 valence electrons. The second kappa shape index (κ2) is 2.89. The summed E-state index contributed by atoms with van der Waals surface area (Å²) in [5.41, 5.74) is 13.9. The lowest BCUT2D eigenvalue weighted by atomic mass is 10.1. The largest absolute Gasteiger partial charge is 0.327 e. The van der Waals surface area contributed by atoms with E-state index in [-0.39, 0.29) is 24.5 Å². The Kier molecular flexibility index (Phi) is 2.28. The Morgan fingerprint density at radius 1 is 1.45 bits per heavy atom. The molecule has 2 saturated carbocycles. The molecule has 2 aliphatic carbocycles. The van der Waals surface area contributed by atoms with Crippen molar-refractivity contribution in [1.82, 2.24) is 0 Å². The van der Waals surface area contributed by atoms with Gasteiger partial charge in [0.15, 0.2) is 0 Å². The van der Waals surface area contributed by atoms with E-state index in [0.717, 1.165) is 12.3 Å². The fourth-order valence-corrected chi connectivity index (χ4v) is 2.00. The molecule has 11 heavy (non-hydrogen) atoms. The maximum Gasteiger partial charge on any atom is 0.0556 e. The first-order valence-electron chi connectivity index (χ1n) is 3.62. The van der Waals surface area contributed by atoms with Crippen LogP contribution in [0, 0.1) is 11.8 Å². The third kappa shape index (κ3) is 1.29. The molecule has 0 radical (unpaired) electrons. The predicted molar refractivity (Wildman–Crippen MR) is 44.4 cm³/mol. The topological polar surface area (TPSA) is 74.8 Å². The van der Waals surface area contributed by atoms with E-state index in [4.69, 9.17) is 11.3 Å². The summed E-state index contributed by atoms with van der Waals surface area (Å²) in [5, 5.41) is 3.68. The Morgan fingerprint density at radius 2 is 2.18 bits per heavy atom. The molecule has 0 aromatic rings. The first kappa shape index (κ1) is 8.65. The lowest BCUT2D eigenvalue weighted by Crippen LogP contribution is -2.30. The van der Waals surface area contributed by atoms with Crippen LogP contribution in [0.15, 0.2) is 5.11 Å². The summed E-state index contributed by atoms with van der Waals surface area (Å²) in [4.78, 5) is 2.79. The number of hydrogen-bond acceptors (Lipinski definition) is 2. The first-order chi connectivity index (χ1) is 4.83. The molecule has 2 aliphatic rings. The Balaban J connectivity index is 0.000000605. The summed E-state index contributed by atoms with van der Waals surface area (Å²) < 4.78 is 0. The van der Waals surface area contributed by atoms with Gasteiger partial charge in [0.25, 0.3) is 0 Å². The number of fused-ring (bicyclic) bond motifs is 1. The van der Waals surface area contributed by atoms with Crippen LogP contribution in [0.25, 0.3) is 10.4 Å². The number of azide groups is 1. The third-order valence-electron chi connectivity index (χ3n) is 2.61. The van der Waals surface area contributed by atoms with Gasteiger partial charge in [0.05, 0.1) is 6.04 Å². The van der Waals surface area contributed by atoms with Gasteiger partial charge in [-0.25, -0.2) is 0 Å². The summed E-state index contributed by atoms with van der Waals surface area (Å²) in [5.74, 6) is 1.41. The highest BCUT2D eigenvalue weighted by atomic mass is 35.5. The molecule has 2 N–H and O–H groups in total. The van der Waals surface area contributed by atoms with Gasteiger partial charge in [0, 0.05) is 11.0 Å². The van der Waals surface area contributed by atoms with Gasteiger partial charge in [0.1, 0.15) is 0 Å². The summed E-state index contributed by atoms with van der Waals surface area (Å²) in [7, 11) is 0. The van der Waals surface area contributed by atoms with E-state index in [2.05, 4.69) is 10.0 Å². The zero-order valence-electron chi connectivity index (χ0n) is 6.05. The molecular formula is C6H11ClN4. The molecule has 0 unspecified atom stereocenters. The number of hydrogen-bond donors (Lipinski definition) is 1. The maximum atomic E-state index is 8.18. The van der Waals surface area contributed by atoms with Crippen LogP contribution >= 0.6 is 12.4 Å². The highest BCUT2D eigenvalue weighted by molar-refractivity contribution is 5.85. The van der Waals surface area contributed by atoms with Gasteiger partial charge >= 0.3 is 0 Å². The van der Waals surface area contributed by atoms with Crippen molar-refractivity contribution in [1.29, 1.82) is 0 Å². The van der Waals surface area contributed by atoms with Crippen LogP contribution < -0.4 is 5.73 Å². The summed E-state index contributed by atoms with van der Waals surface area (Å²) in [6.45, 7) is 0.